The molecule has 0 radical (unpaired) electrons. The smallest absolute Gasteiger partial charge is 0.313 e. The van der Waals surface area contributed by atoms with Crippen LogP contribution >= 0.6 is 31.9 Å². The SMILES string of the molecule is CC(C)C(=O)OC1=C(Br)C(=O)C(OC(=O)C(C)C)=C(Br)C1=O. The molecule has 0 heterocycles. The minimum Gasteiger partial charge on any atom is -0.421 e. The van der Waals surface area contributed by atoms with Crippen molar-refractivity contribution >= 4 is 55.4 Å². The molecule has 8 heteroatoms. The Morgan fingerprint density at radius 3 is 1.27 bits per heavy atom. The first kappa shape index (κ1) is 18.8. The Bertz CT molecular complexity index is 559. The van der Waals surface area contributed by atoms with Crippen LogP contribution in [0.4, 0.5) is 0 Å². The summed E-state index contributed by atoms with van der Waals surface area (Å²) in [6.45, 7) is 6.36. The van der Waals surface area contributed by atoms with Crippen molar-refractivity contribution in [3.8, 4) is 0 Å². The highest BCUT2D eigenvalue weighted by molar-refractivity contribution is 9.12. The second kappa shape index (κ2) is 7.32. The molecule has 1 aliphatic carbocycles. The first-order valence-corrected chi connectivity index (χ1v) is 7.98. The Hall–Kier alpha value is -1.28. The Labute approximate surface area is 144 Å². The Morgan fingerprint density at radius 1 is 0.773 bits per heavy atom. The van der Waals surface area contributed by atoms with Gasteiger partial charge in [-0.15, -0.1) is 0 Å². The molecule has 0 aliphatic heterocycles. The van der Waals surface area contributed by atoms with Gasteiger partial charge in [0, 0.05) is 0 Å². The fourth-order valence-corrected chi connectivity index (χ4v) is 2.11. The molecule has 1 aliphatic rings. The van der Waals surface area contributed by atoms with E-state index in [0.29, 0.717) is 0 Å². The van der Waals surface area contributed by atoms with Crippen LogP contribution < -0.4 is 0 Å². The number of hydrogen-bond acceptors (Lipinski definition) is 6. The molecule has 0 amide bonds. The number of carbonyl (C=O) groups excluding carboxylic acids is 4. The van der Waals surface area contributed by atoms with Crippen molar-refractivity contribution in [2.75, 3.05) is 0 Å². The minimum atomic E-state index is -0.757. The van der Waals surface area contributed by atoms with Gasteiger partial charge in [-0.05, 0) is 31.9 Å². The number of esters is 2. The van der Waals surface area contributed by atoms with Crippen molar-refractivity contribution in [1.82, 2.24) is 0 Å². The van der Waals surface area contributed by atoms with Gasteiger partial charge in [0.2, 0.25) is 11.6 Å². The standard InChI is InChI=1S/C14H14Br2O6/c1-5(2)13(19)21-11-7(15)10(18)12(8(16)9(11)17)22-14(20)6(3)4/h5-6H,1-4H3. The van der Waals surface area contributed by atoms with Crippen molar-refractivity contribution in [1.29, 1.82) is 0 Å². The van der Waals surface area contributed by atoms with E-state index < -0.39 is 46.9 Å². The van der Waals surface area contributed by atoms with Crippen LogP contribution in [0.25, 0.3) is 0 Å². The van der Waals surface area contributed by atoms with E-state index in [4.69, 9.17) is 9.47 Å². The number of ether oxygens (including phenoxy) is 2. The lowest BCUT2D eigenvalue weighted by Gasteiger charge is -2.18. The van der Waals surface area contributed by atoms with Gasteiger partial charge < -0.3 is 9.47 Å². The van der Waals surface area contributed by atoms with Crippen molar-refractivity contribution in [2.24, 2.45) is 11.8 Å². The van der Waals surface area contributed by atoms with Gasteiger partial charge in [0.05, 0.1) is 11.8 Å². The zero-order valence-electron chi connectivity index (χ0n) is 12.4. The molecule has 0 saturated carbocycles. The molecule has 0 fully saturated rings. The van der Waals surface area contributed by atoms with Crippen LogP contribution in [-0.4, -0.2) is 23.5 Å². The molecule has 0 unspecified atom stereocenters. The first-order valence-electron chi connectivity index (χ1n) is 6.40. The first-order chi connectivity index (χ1) is 10.1. The molecule has 0 aromatic rings. The number of rotatable bonds is 4. The van der Waals surface area contributed by atoms with Gasteiger partial charge in [-0.3, -0.25) is 19.2 Å². The van der Waals surface area contributed by atoms with E-state index in [1.54, 1.807) is 27.7 Å². The minimum absolute atomic E-state index is 0.263. The summed E-state index contributed by atoms with van der Waals surface area (Å²) in [7, 11) is 0. The quantitative estimate of drug-likeness (QED) is 0.496. The van der Waals surface area contributed by atoms with Crippen LogP contribution in [-0.2, 0) is 28.7 Å². The second-order valence-corrected chi connectivity index (χ2v) is 6.68. The average molecular weight is 438 g/mol. The number of ketones is 2. The van der Waals surface area contributed by atoms with Gasteiger partial charge in [-0.2, -0.15) is 0 Å². The molecule has 0 spiro atoms. The molecule has 0 aromatic carbocycles. The van der Waals surface area contributed by atoms with Gasteiger partial charge in [-0.25, -0.2) is 0 Å². The molecule has 0 atom stereocenters. The fourth-order valence-electron chi connectivity index (χ4n) is 1.22. The van der Waals surface area contributed by atoms with Gasteiger partial charge in [-0.1, -0.05) is 27.7 Å². The molecule has 6 nitrogen and oxygen atoms in total. The summed E-state index contributed by atoms with van der Waals surface area (Å²) in [5, 5.41) is 0. The maximum atomic E-state index is 12.2. The van der Waals surface area contributed by atoms with E-state index in [1.165, 1.54) is 0 Å². The molecule has 0 N–H and O–H groups in total. The summed E-state index contributed by atoms with van der Waals surface area (Å²) in [5.41, 5.74) is 0. The number of hydrogen-bond donors (Lipinski definition) is 0. The van der Waals surface area contributed by atoms with Gasteiger partial charge in [0.15, 0.2) is 11.5 Å². The largest absolute Gasteiger partial charge is 0.421 e. The van der Waals surface area contributed by atoms with Crippen molar-refractivity contribution in [3.63, 3.8) is 0 Å². The lowest BCUT2D eigenvalue weighted by molar-refractivity contribution is -0.147. The van der Waals surface area contributed by atoms with E-state index in [9.17, 15) is 19.2 Å². The summed E-state index contributed by atoms with van der Waals surface area (Å²) in [6.07, 6.45) is 0. The number of halogens is 2. The summed E-state index contributed by atoms with van der Waals surface area (Å²) < 4.78 is 9.35. The highest BCUT2D eigenvalue weighted by Gasteiger charge is 2.38. The zero-order chi connectivity index (χ0) is 17.2. The van der Waals surface area contributed by atoms with E-state index in [2.05, 4.69) is 31.9 Å². The van der Waals surface area contributed by atoms with Gasteiger partial charge >= 0.3 is 11.9 Å². The zero-order valence-corrected chi connectivity index (χ0v) is 15.5. The maximum Gasteiger partial charge on any atom is 0.313 e. The third-order valence-electron chi connectivity index (χ3n) is 2.56. The summed E-state index contributed by atoms with van der Waals surface area (Å²) >= 11 is 5.84. The van der Waals surface area contributed by atoms with Crippen molar-refractivity contribution in [2.45, 2.75) is 27.7 Å². The Kier molecular flexibility index (Phi) is 6.25. The Balaban J connectivity index is 3.14. The van der Waals surface area contributed by atoms with Crippen molar-refractivity contribution < 1.29 is 28.7 Å². The lowest BCUT2D eigenvalue weighted by Crippen LogP contribution is -2.27. The number of allylic oxidation sites excluding steroid dienone is 2. The van der Waals surface area contributed by atoms with E-state index in [0.717, 1.165) is 0 Å². The maximum absolute atomic E-state index is 12.2. The van der Waals surface area contributed by atoms with Crippen molar-refractivity contribution in [3.05, 3.63) is 20.5 Å². The molecule has 120 valence electrons. The highest BCUT2D eigenvalue weighted by Crippen LogP contribution is 2.33. The highest BCUT2D eigenvalue weighted by atomic mass is 79.9. The fraction of sp³-hybridized carbons (Fsp3) is 0.429. The monoisotopic (exact) mass is 436 g/mol. The molecule has 0 saturated heterocycles. The average Bonchev–Trinajstić information content (AvgIpc) is 2.45. The van der Waals surface area contributed by atoms with Crippen LogP contribution in [0.3, 0.4) is 0 Å². The van der Waals surface area contributed by atoms with E-state index in [-0.39, 0.29) is 8.96 Å². The van der Waals surface area contributed by atoms with Crippen LogP contribution in [0.5, 0.6) is 0 Å². The summed E-state index contributed by atoms with van der Waals surface area (Å²) in [4.78, 5) is 47.6. The number of carbonyl (C=O) groups is 4. The molecular weight excluding hydrogens is 424 g/mol. The third-order valence-corrected chi connectivity index (χ3v) is 4.00. The van der Waals surface area contributed by atoms with Gasteiger partial charge in [0.25, 0.3) is 0 Å². The lowest BCUT2D eigenvalue weighted by atomic mass is 10.1. The molecule has 0 bridgehead atoms. The summed E-state index contributed by atoms with van der Waals surface area (Å²) in [6, 6.07) is 0. The molecule has 1 rings (SSSR count). The molecular formula is C14H14Br2O6. The number of Topliss-reactive ketones (excluding diaryl/α,β-unsaturated/α-hetero) is 2. The molecule has 0 aromatic heterocycles. The topological polar surface area (TPSA) is 86.7 Å². The predicted octanol–water partition coefficient (Wildman–Crippen LogP) is 2.75. The molecule has 22 heavy (non-hydrogen) atoms. The second-order valence-electron chi connectivity index (χ2n) is 5.10. The Morgan fingerprint density at radius 2 is 1.05 bits per heavy atom. The summed E-state index contributed by atoms with van der Waals surface area (Å²) in [5.74, 6) is -4.64. The van der Waals surface area contributed by atoms with Crippen LogP contribution in [0, 0.1) is 11.8 Å². The third kappa shape index (κ3) is 3.92. The van der Waals surface area contributed by atoms with E-state index in [1.807, 2.05) is 0 Å². The van der Waals surface area contributed by atoms with Crippen LogP contribution in [0.1, 0.15) is 27.7 Å². The van der Waals surface area contributed by atoms with Crippen LogP contribution in [0.15, 0.2) is 20.5 Å². The van der Waals surface area contributed by atoms with Gasteiger partial charge in [0.1, 0.15) is 8.96 Å². The van der Waals surface area contributed by atoms with Crippen LogP contribution in [0.2, 0.25) is 0 Å². The predicted molar refractivity (Wildman–Crippen MR) is 83.8 cm³/mol. The normalized spacial score (nSPS) is 15.8. The van der Waals surface area contributed by atoms with E-state index >= 15 is 0 Å².